The lowest BCUT2D eigenvalue weighted by molar-refractivity contribution is -0.118. The maximum atomic E-state index is 12.0. The lowest BCUT2D eigenvalue weighted by Gasteiger charge is -2.33. The SMILES string of the molecule is C#CCCC(=O)N1CC(N)Cc2ccccc21. The van der Waals surface area contributed by atoms with Crippen LogP contribution < -0.4 is 10.6 Å². The van der Waals surface area contributed by atoms with Crippen molar-refractivity contribution >= 4 is 11.6 Å². The van der Waals surface area contributed by atoms with Crippen molar-refractivity contribution < 1.29 is 4.79 Å². The number of carbonyl (C=O) groups excluding carboxylic acids is 1. The largest absolute Gasteiger partial charge is 0.326 e. The number of rotatable bonds is 2. The van der Waals surface area contributed by atoms with E-state index in [4.69, 9.17) is 12.2 Å². The molecular formula is C14H16N2O. The van der Waals surface area contributed by atoms with Gasteiger partial charge in [0.15, 0.2) is 0 Å². The Morgan fingerprint density at radius 3 is 3.06 bits per heavy atom. The van der Waals surface area contributed by atoms with Crippen LogP contribution in [0, 0.1) is 12.3 Å². The normalized spacial score (nSPS) is 18.4. The summed E-state index contributed by atoms with van der Waals surface area (Å²) in [5, 5.41) is 0. The predicted molar refractivity (Wildman–Crippen MR) is 68.5 cm³/mol. The monoisotopic (exact) mass is 228 g/mol. The predicted octanol–water partition coefficient (Wildman–Crippen LogP) is 1.32. The second-order valence-corrected chi connectivity index (χ2v) is 4.30. The van der Waals surface area contributed by atoms with Gasteiger partial charge in [-0.3, -0.25) is 4.79 Å². The summed E-state index contributed by atoms with van der Waals surface area (Å²) in [4.78, 5) is 13.8. The molecule has 88 valence electrons. The third-order valence-electron chi connectivity index (χ3n) is 2.97. The lowest BCUT2D eigenvalue weighted by Crippen LogP contribution is -2.46. The number of benzene rings is 1. The van der Waals surface area contributed by atoms with E-state index in [9.17, 15) is 4.79 Å². The van der Waals surface area contributed by atoms with E-state index in [1.54, 1.807) is 4.90 Å². The fourth-order valence-electron chi connectivity index (χ4n) is 2.18. The first-order valence-electron chi connectivity index (χ1n) is 5.79. The van der Waals surface area contributed by atoms with Crippen LogP contribution >= 0.6 is 0 Å². The van der Waals surface area contributed by atoms with Gasteiger partial charge < -0.3 is 10.6 Å². The molecule has 2 N–H and O–H groups in total. The van der Waals surface area contributed by atoms with Crippen molar-refractivity contribution in [2.75, 3.05) is 11.4 Å². The molecule has 1 aliphatic heterocycles. The molecule has 1 aliphatic rings. The van der Waals surface area contributed by atoms with Crippen molar-refractivity contribution in [1.82, 2.24) is 0 Å². The fourth-order valence-corrected chi connectivity index (χ4v) is 2.18. The maximum Gasteiger partial charge on any atom is 0.228 e. The number of nitrogens with two attached hydrogens (primary N) is 1. The minimum absolute atomic E-state index is 0.0136. The number of hydrogen-bond donors (Lipinski definition) is 1. The first kappa shape index (κ1) is 11.7. The van der Waals surface area contributed by atoms with E-state index in [1.807, 2.05) is 24.3 Å². The molecule has 0 saturated carbocycles. The number of para-hydroxylation sites is 1. The van der Waals surface area contributed by atoms with Crippen LogP contribution in [0.15, 0.2) is 24.3 Å². The van der Waals surface area contributed by atoms with Crippen LogP contribution in [0.4, 0.5) is 5.69 Å². The smallest absolute Gasteiger partial charge is 0.228 e. The standard InChI is InChI=1S/C14H16N2O/c1-2-3-8-14(17)16-10-12(15)9-11-6-4-5-7-13(11)16/h1,4-7,12H,3,8-10,15H2. The molecule has 2 rings (SSSR count). The molecule has 1 aromatic rings. The Hall–Kier alpha value is -1.79. The van der Waals surface area contributed by atoms with Gasteiger partial charge in [-0.2, -0.15) is 0 Å². The summed E-state index contributed by atoms with van der Waals surface area (Å²) in [6, 6.07) is 7.92. The zero-order valence-electron chi connectivity index (χ0n) is 9.73. The van der Waals surface area contributed by atoms with Gasteiger partial charge in [0.2, 0.25) is 5.91 Å². The van der Waals surface area contributed by atoms with Crippen LogP contribution in [0.5, 0.6) is 0 Å². The highest BCUT2D eigenvalue weighted by Gasteiger charge is 2.25. The number of amides is 1. The van der Waals surface area contributed by atoms with Crippen LogP contribution in [0.2, 0.25) is 0 Å². The summed E-state index contributed by atoms with van der Waals surface area (Å²) in [5.74, 6) is 2.55. The van der Waals surface area contributed by atoms with Gasteiger partial charge in [-0.1, -0.05) is 18.2 Å². The molecule has 0 bridgehead atoms. The van der Waals surface area contributed by atoms with Crippen LogP contribution in [-0.4, -0.2) is 18.5 Å². The molecule has 1 amide bonds. The van der Waals surface area contributed by atoms with Gasteiger partial charge in [-0.25, -0.2) is 0 Å². The first-order valence-corrected chi connectivity index (χ1v) is 5.79. The molecule has 3 nitrogen and oxygen atoms in total. The van der Waals surface area contributed by atoms with Crippen LogP contribution in [-0.2, 0) is 11.2 Å². The quantitative estimate of drug-likeness (QED) is 0.776. The Balaban J connectivity index is 2.24. The Kier molecular flexibility index (Phi) is 3.46. The molecule has 1 unspecified atom stereocenters. The first-order chi connectivity index (χ1) is 8.22. The second-order valence-electron chi connectivity index (χ2n) is 4.30. The van der Waals surface area contributed by atoms with E-state index in [0.717, 1.165) is 17.7 Å². The molecule has 1 heterocycles. The van der Waals surface area contributed by atoms with Gasteiger partial charge in [0, 0.05) is 31.1 Å². The highest BCUT2D eigenvalue weighted by atomic mass is 16.2. The average Bonchev–Trinajstić information content (AvgIpc) is 2.34. The Labute approximate surface area is 102 Å². The summed E-state index contributed by atoms with van der Waals surface area (Å²) in [6.45, 7) is 0.584. The van der Waals surface area contributed by atoms with E-state index in [0.29, 0.717) is 19.4 Å². The van der Waals surface area contributed by atoms with E-state index >= 15 is 0 Å². The van der Waals surface area contributed by atoms with Crippen LogP contribution in [0.3, 0.4) is 0 Å². The second kappa shape index (κ2) is 5.03. The minimum atomic E-state index is 0.0136. The number of nitrogens with zero attached hydrogens (tertiary/aromatic N) is 1. The molecule has 3 heteroatoms. The molecule has 1 atom stereocenters. The Bertz CT molecular complexity index is 462. The van der Waals surface area contributed by atoms with Gasteiger partial charge >= 0.3 is 0 Å². The molecule has 1 aromatic carbocycles. The van der Waals surface area contributed by atoms with E-state index < -0.39 is 0 Å². The summed E-state index contributed by atoms with van der Waals surface area (Å²) < 4.78 is 0. The molecular weight excluding hydrogens is 212 g/mol. The third kappa shape index (κ3) is 2.48. The van der Waals surface area contributed by atoms with Gasteiger partial charge in [0.25, 0.3) is 0 Å². The number of terminal acetylenes is 1. The van der Waals surface area contributed by atoms with Crippen molar-refractivity contribution in [2.45, 2.75) is 25.3 Å². The van der Waals surface area contributed by atoms with Gasteiger partial charge in [-0.15, -0.1) is 12.3 Å². The summed E-state index contributed by atoms with van der Waals surface area (Å²) in [6.07, 6.45) is 6.88. The van der Waals surface area contributed by atoms with Crippen molar-refractivity contribution in [2.24, 2.45) is 5.73 Å². The van der Waals surface area contributed by atoms with E-state index in [2.05, 4.69) is 5.92 Å². The third-order valence-corrected chi connectivity index (χ3v) is 2.97. The fraction of sp³-hybridized carbons (Fsp3) is 0.357. The van der Waals surface area contributed by atoms with Crippen LogP contribution in [0.25, 0.3) is 0 Å². The number of hydrogen-bond acceptors (Lipinski definition) is 2. The van der Waals surface area contributed by atoms with Crippen molar-refractivity contribution in [3.63, 3.8) is 0 Å². The summed E-state index contributed by atoms with van der Waals surface area (Å²) in [5.41, 5.74) is 8.09. The molecule has 0 aliphatic carbocycles. The highest BCUT2D eigenvalue weighted by molar-refractivity contribution is 5.94. The van der Waals surface area contributed by atoms with Crippen molar-refractivity contribution in [1.29, 1.82) is 0 Å². The van der Waals surface area contributed by atoms with Gasteiger partial charge in [-0.05, 0) is 18.1 Å². The summed E-state index contributed by atoms with van der Waals surface area (Å²) >= 11 is 0. The highest BCUT2D eigenvalue weighted by Crippen LogP contribution is 2.26. The molecule has 0 spiro atoms. The van der Waals surface area contributed by atoms with Gasteiger partial charge in [0.05, 0.1) is 0 Å². The Morgan fingerprint density at radius 2 is 2.29 bits per heavy atom. The zero-order valence-corrected chi connectivity index (χ0v) is 9.73. The van der Waals surface area contributed by atoms with E-state index in [-0.39, 0.29) is 11.9 Å². The molecule has 0 radical (unpaired) electrons. The zero-order chi connectivity index (χ0) is 12.3. The number of anilines is 1. The topological polar surface area (TPSA) is 46.3 Å². The van der Waals surface area contributed by atoms with E-state index in [1.165, 1.54) is 0 Å². The number of carbonyl (C=O) groups is 1. The molecule has 17 heavy (non-hydrogen) atoms. The molecule has 0 saturated heterocycles. The molecule has 0 fully saturated rings. The summed E-state index contributed by atoms with van der Waals surface area (Å²) in [7, 11) is 0. The Morgan fingerprint density at radius 1 is 1.53 bits per heavy atom. The maximum absolute atomic E-state index is 12.0. The number of fused-ring (bicyclic) bond motifs is 1. The average molecular weight is 228 g/mol. The van der Waals surface area contributed by atoms with Crippen molar-refractivity contribution in [3.8, 4) is 12.3 Å². The molecule has 0 aromatic heterocycles. The van der Waals surface area contributed by atoms with Crippen molar-refractivity contribution in [3.05, 3.63) is 29.8 Å². The van der Waals surface area contributed by atoms with Crippen LogP contribution in [0.1, 0.15) is 18.4 Å². The minimum Gasteiger partial charge on any atom is -0.326 e. The van der Waals surface area contributed by atoms with Gasteiger partial charge in [0.1, 0.15) is 0 Å². The lowest BCUT2D eigenvalue weighted by atomic mass is 9.98.